The average molecular weight is 361 g/mol. The Morgan fingerprint density at radius 1 is 1.12 bits per heavy atom. The van der Waals surface area contributed by atoms with Crippen LogP contribution in [0.3, 0.4) is 0 Å². The summed E-state index contributed by atoms with van der Waals surface area (Å²) in [6.07, 6.45) is 0. The van der Waals surface area contributed by atoms with E-state index in [0.29, 0.717) is 17.3 Å². The van der Waals surface area contributed by atoms with Crippen LogP contribution in [0.15, 0.2) is 18.2 Å². The Hall–Kier alpha value is -1.80. The first-order valence-electron chi connectivity index (χ1n) is 7.53. The van der Waals surface area contributed by atoms with Crippen molar-refractivity contribution in [2.24, 2.45) is 0 Å². The number of hydrogen-bond acceptors (Lipinski definition) is 7. The number of pyridine rings is 2. The average Bonchev–Trinajstić information content (AvgIpc) is 2.85. The lowest BCUT2D eigenvalue weighted by Crippen LogP contribution is -2.32. The number of nitrogens with zero attached hydrogens (tertiary/aromatic N) is 3. The molecule has 0 radical (unpaired) electrons. The summed E-state index contributed by atoms with van der Waals surface area (Å²) in [5.74, 6) is 2.24. The smallest absolute Gasteiger partial charge is 0.249 e. The SMILES string of the molecule is COc1cc(C)c2ccc(N3C(=O)C4SCCSC4C3=O)nc2n1. The van der Waals surface area contributed by atoms with Gasteiger partial charge in [-0.1, -0.05) is 0 Å². The maximum atomic E-state index is 12.7. The molecule has 4 heterocycles. The van der Waals surface area contributed by atoms with Crippen molar-refractivity contribution in [1.29, 1.82) is 0 Å². The van der Waals surface area contributed by atoms with Gasteiger partial charge < -0.3 is 4.74 Å². The molecule has 2 fully saturated rings. The van der Waals surface area contributed by atoms with Gasteiger partial charge >= 0.3 is 0 Å². The Bertz CT molecular complexity index is 834. The molecule has 0 spiro atoms. The van der Waals surface area contributed by atoms with Crippen LogP contribution in [0.5, 0.6) is 5.88 Å². The topological polar surface area (TPSA) is 72.4 Å². The fraction of sp³-hybridized carbons (Fsp3) is 0.375. The van der Waals surface area contributed by atoms with Crippen molar-refractivity contribution in [1.82, 2.24) is 9.97 Å². The van der Waals surface area contributed by atoms with Crippen LogP contribution in [-0.2, 0) is 9.59 Å². The molecule has 2 aromatic rings. The monoisotopic (exact) mass is 361 g/mol. The summed E-state index contributed by atoms with van der Waals surface area (Å²) < 4.78 is 5.18. The lowest BCUT2D eigenvalue weighted by molar-refractivity contribution is -0.121. The molecule has 6 nitrogen and oxygen atoms in total. The second-order valence-electron chi connectivity index (χ2n) is 5.62. The molecule has 2 aromatic heterocycles. The highest BCUT2D eigenvalue weighted by Gasteiger charge is 2.50. The van der Waals surface area contributed by atoms with Crippen molar-refractivity contribution in [3.8, 4) is 5.88 Å². The highest BCUT2D eigenvalue weighted by molar-refractivity contribution is 8.08. The minimum Gasteiger partial charge on any atom is -0.481 e. The highest BCUT2D eigenvalue weighted by Crippen LogP contribution is 2.39. The first kappa shape index (κ1) is 15.7. The van der Waals surface area contributed by atoms with Crippen LogP contribution >= 0.6 is 23.5 Å². The molecule has 24 heavy (non-hydrogen) atoms. The van der Waals surface area contributed by atoms with E-state index in [0.717, 1.165) is 22.5 Å². The number of ether oxygens (including phenoxy) is 1. The zero-order valence-electron chi connectivity index (χ0n) is 13.2. The molecule has 2 unspecified atom stereocenters. The van der Waals surface area contributed by atoms with Crippen LogP contribution in [0.1, 0.15) is 5.56 Å². The Kier molecular flexibility index (Phi) is 3.88. The highest BCUT2D eigenvalue weighted by atomic mass is 32.2. The predicted molar refractivity (Wildman–Crippen MR) is 95.8 cm³/mol. The van der Waals surface area contributed by atoms with Crippen molar-refractivity contribution in [3.63, 3.8) is 0 Å². The number of rotatable bonds is 2. The molecule has 2 atom stereocenters. The van der Waals surface area contributed by atoms with Gasteiger partial charge in [0.25, 0.3) is 0 Å². The van der Waals surface area contributed by atoms with E-state index < -0.39 is 0 Å². The number of fused-ring (bicyclic) bond motifs is 2. The molecule has 124 valence electrons. The number of hydrogen-bond donors (Lipinski definition) is 0. The third-order valence-electron chi connectivity index (χ3n) is 4.16. The molecule has 2 saturated heterocycles. The van der Waals surface area contributed by atoms with Crippen LogP contribution in [0.25, 0.3) is 11.0 Å². The summed E-state index contributed by atoms with van der Waals surface area (Å²) >= 11 is 3.12. The molecule has 2 aliphatic heterocycles. The van der Waals surface area contributed by atoms with E-state index >= 15 is 0 Å². The molecule has 4 rings (SSSR count). The first-order chi connectivity index (χ1) is 11.6. The molecular formula is C16H15N3O3S2. The Balaban J connectivity index is 1.78. The molecule has 0 aliphatic carbocycles. The second-order valence-corrected chi connectivity index (χ2v) is 8.12. The van der Waals surface area contributed by atoms with Crippen LogP contribution in [0, 0.1) is 6.92 Å². The van der Waals surface area contributed by atoms with E-state index in [9.17, 15) is 9.59 Å². The number of carbonyl (C=O) groups excluding carboxylic acids is 2. The van der Waals surface area contributed by atoms with Gasteiger partial charge in [0.2, 0.25) is 17.7 Å². The first-order valence-corrected chi connectivity index (χ1v) is 9.63. The maximum Gasteiger partial charge on any atom is 0.249 e. The zero-order chi connectivity index (χ0) is 16.8. The summed E-state index contributed by atoms with van der Waals surface area (Å²) in [6, 6.07) is 5.39. The Morgan fingerprint density at radius 2 is 1.79 bits per heavy atom. The number of aryl methyl sites for hydroxylation is 1. The van der Waals surface area contributed by atoms with Gasteiger partial charge in [-0.25, -0.2) is 9.88 Å². The number of aromatic nitrogens is 2. The van der Waals surface area contributed by atoms with Gasteiger partial charge in [-0.3, -0.25) is 9.59 Å². The minimum absolute atomic E-state index is 0.173. The Morgan fingerprint density at radius 3 is 2.42 bits per heavy atom. The molecule has 2 amide bonds. The van der Waals surface area contributed by atoms with Gasteiger partial charge in [0.05, 0.1) is 7.11 Å². The van der Waals surface area contributed by atoms with E-state index in [-0.39, 0.29) is 22.3 Å². The molecule has 0 saturated carbocycles. The maximum absolute atomic E-state index is 12.7. The zero-order valence-corrected chi connectivity index (χ0v) is 14.8. The summed E-state index contributed by atoms with van der Waals surface area (Å²) in [5, 5.41) is 0.280. The molecule has 0 bridgehead atoms. The number of carbonyl (C=O) groups is 2. The summed E-state index contributed by atoms with van der Waals surface area (Å²) in [5.41, 5.74) is 1.45. The molecule has 0 N–H and O–H groups in total. The van der Waals surface area contributed by atoms with Crippen molar-refractivity contribution >= 4 is 52.2 Å². The molecule has 2 aliphatic rings. The van der Waals surface area contributed by atoms with Gasteiger partial charge in [0.1, 0.15) is 16.3 Å². The second kappa shape index (κ2) is 5.93. The largest absolute Gasteiger partial charge is 0.481 e. The molecular weight excluding hydrogens is 346 g/mol. The van der Waals surface area contributed by atoms with Gasteiger partial charge in [0.15, 0.2) is 5.65 Å². The number of imide groups is 1. The van der Waals surface area contributed by atoms with E-state index in [4.69, 9.17) is 4.74 Å². The van der Waals surface area contributed by atoms with Crippen molar-refractivity contribution < 1.29 is 14.3 Å². The third-order valence-corrected chi connectivity index (χ3v) is 7.14. The van der Waals surface area contributed by atoms with E-state index in [1.54, 1.807) is 36.7 Å². The van der Waals surface area contributed by atoms with Crippen molar-refractivity contribution in [3.05, 3.63) is 23.8 Å². The number of amides is 2. The number of anilines is 1. The van der Waals surface area contributed by atoms with E-state index in [1.165, 1.54) is 4.90 Å². The fourth-order valence-corrected chi connectivity index (χ4v) is 5.80. The number of thioether (sulfide) groups is 2. The minimum atomic E-state index is -0.297. The van der Waals surface area contributed by atoms with Crippen molar-refractivity contribution in [2.45, 2.75) is 17.4 Å². The van der Waals surface area contributed by atoms with Crippen LogP contribution in [0.2, 0.25) is 0 Å². The Labute approximate surface area is 147 Å². The summed E-state index contributed by atoms with van der Waals surface area (Å²) in [4.78, 5) is 35.3. The normalized spacial score (nSPS) is 23.7. The predicted octanol–water partition coefficient (Wildman–Crippen LogP) is 2.04. The van der Waals surface area contributed by atoms with Gasteiger partial charge in [-0.05, 0) is 24.6 Å². The van der Waals surface area contributed by atoms with E-state index in [2.05, 4.69) is 9.97 Å². The van der Waals surface area contributed by atoms with Gasteiger partial charge in [0, 0.05) is 23.0 Å². The lowest BCUT2D eigenvalue weighted by atomic mass is 10.2. The standard InChI is InChI=1S/C16H15N3O3S2/c1-8-7-11(22-2)18-14-9(8)3-4-10(17-14)19-15(20)12-13(16(19)21)24-6-5-23-12/h3-4,7,12-13H,5-6H2,1-2H3. The quantitative estimate of drug-likeness (QED) is 0.758. The van der Waals surface area contributed by atoms with Gasteiger partial charge in [-0.2, -0.15) is 4.98 Å². The lowest BCUT2D eigenvalue weighted by Gasteiger charge is -2.19. The van der Waals surface area contributed by atoms with Crippen LogP contribution in [0.4, 0.5) is 5.82 Å². The van der Waals surface area contributed by atoms with Crippen molar-refractivity contribution in [2.75, 3.05) is 23.5 Å². The number of methoxy groups -OCH3 is 1. The summed E-state index contributed by atoms with van der Waals surface area (Å²) in [7, 11) is 1.55. The van der Waals surface area contributed by atoms with Crippen LogP contribution < -0.4 is 9.64 Å². The third kappa shape index (κ3) is 2.36. The molecule has 8 heteroatoms. The molecule has 0 aromatic carbocycles. The fourth-order valence-electron chi connectivity index (χ4n) is 2.98. The van der Waals surface area contributed by atoms with Crippen LogP contribution in [-0.4, -0.2) is 50.9 Å². The van der Waals surface area contributed by atoms with E-state index in [1.807, 2.05) is 19.1 Å². The van der Waals surface area contributed by atoms with Gasteiger partial charge in [-0.15, -0.1) is 23.5 Å². The summed E-state index contributed by atoms with van der Waals surface area (Å²) in [6.45, 7) is 1.95.